The molecule has 0 saturated carbocycles. The first-order valence-corrected chi connectivity index (χ1v) is 11.0. The number of fused-ring (bicyclic) bond motifs is 1. The maximum Gasteiger partial charge on any atom is 0.246 e. The largest absolute Gasteiger partial charge is 0.507 e. The molecule has 9 heteroatoms. The van der Waals surface area contributed by atoms with Crippen LogP contribution in [0.5, 0.6) is 5.75 Å². The zero-order valence-corrected chi connectivity index (χ0v) is 19.2. The third-order valence-corrected chi connectivity index (χ3v) is 5.41. The van der Waals surface area contributed by atoms with Crippen molar-refractivity contribution in [2.24, 2.45) is 0 Å². The molecule has 0 bridgehead atoms. The summed E-state index contributed by atoms with van der Waals surface area (Å²) in [4.78, 5) is 23.7. The molecule has 4 rings (SSSR count). The first kappa shape index (κ1) is 24.4. The van der Waals surface area contributed by atoms with Crippen LogP contribution in [0, 0.1) is 11.6 Å². The molecule has 1 N–H and O–H groups in total. The van der Waals surface area contributed by atoms with Crippen molar-refractivity contribution in [2.75, 3.05) is 31.1 Å². The number of phenols is 1. The van der Waals surface area contributed by atoms with E-state index in [1.807, 2.05) is 4.90 Å². The molecule has 0 aliphatic carbocycles. The van der Waals surface area contributed by atoms with Gasteiger partial charge in [-0.25, -0.2) is 18.7 Å². The van der Waals surface area contributed by atoms with E-state index in [9.17, 15) is 14.3 Å². The second-order valence-corrected chi connectivity index (χ2v) is 7.91. The van der Waals surface area contributed by atoms with Crippen LogP contribution in [0.25, 0.3) is 22.0 Å². The average Bonchev–Trinajstić information content (AvgIpc) is 2.81. The molecule has 0 radical (unpaired) electrons. The molecule has 0 atom stereocenters. The number of carbonyl (C=O) groups excluding carboxylic acids is 1. The van der Waals surface area contributed by atoms with E-state index in [1.54, 1.807) is 4.90 Å². The molecule has 6 nitrogen and oxygen atoms in total. The van der Waals surface area contributed by atoms with Crippen LogP contribution in [-0.4, -0.2) is 52.1 Å². The van der Waals surface area contributed by atoms with E-state index in [0.717, 1.165) is 6.07 Å². The summed E-state index contributed by atoms with van der Waals surface area (Å²) in [6, 6.07) is 5.16. The maximum atomic E-state index is 15.4. The topological polar surface area (TPSA) is 69.6 Å². The van der Waals surface area contributed by atoms with Crippen molar-refractivity contribution in [2.45, 2.75) is 20.3 Å². The van der Waals surface area contributed by atoms with Crippen molar-refractivity contribution < 1.29 is 18.7 Å². The summed E-state index contributed by atoms with van der Waals surface area (Å²) in [5, 5.41) is 10.4. The quantitative estimate of drug-likeness (QED) is 0.529. The lowest BCUT2D eigenvalue weighted by Gasteiger charge is -2.35. The highest BCUT2D eigenvalue weighted by Gasteiger charge is 2.26. The van der Waals surface area contributed by atoms with Gasteiger partial charge in [0.05, 0.1) is 10.6 Å². The number of halogens is 3. The summed E-state index contributed by atoms with van der Waals surface area (Å²) in [6.45, 7) is 9.65. The lowest BCUT2D eigenvalue weighted by atomic mass is 10.0. The lowest BCUT2D eigenvalue weighted by molar-refractivity contribution is -0.126. The zero-order chi connectivity index (χ0) is 24.1. The lowest BCUT2D eigenvalue weighted by Crippen LogP contribution is -2.48. The summed E-state index contributed by atoms with van der Waals surface area (Å²) in [6.07, 6.45) is 3.74. The number of phenolic OH excluding ortho intramolecular Hbond substituents is 1. The number of nitrogens with zero attached hydrogens (tertiary/aromatic N) is 4. The molecule has 2 heterocycles. The molecule has 1 aromatic heterocycles. The van der Waals surface area contributed by atoms with Gasteiger partial charge >= 0.3 is 0 Å². The Morgan fingerprint density at radius 2 is 1.85 bits per heavy atom. The molecule has 174 valence electrons. The maximum absolute atomic E-state index is 15.4. The smallest absolute Gasteiger partial charge is 0.246 e. The van der Waals surface area contributed by atoms with Gasteiger partial charge in [-0.05, 0) is 24.3 Å². The van der Waals surface area contributed by atoms with Gasteiger partial charge in [0.2, 0.25) is 5.91 Å². The SMILES string of the molecule is C=CC(=O)N1CCN(c2ncnc3c(F)c(-c4c(O)cccc4F)c(Cl)cc23)CC1.CCC. The number of rotatable bonds is 3. The van der Waals surface area contributed by atoms with Crippen molar-refractivity contribution in [1.29, 1.82) is 0 Å². The van der Waals surface area contributed by atoms with Crippen LogP contribution in [0.15, 0.2) is 43.2 Å². The number of aromatic nitrogens is 2. The molecule has 33 heavy (non-hydrogen) atoms. The van der Waals surface area contributed by atoms with Gasteiger partial charge in [0.25, 0.3) is 0 Å². The predicted molar refractivity (Wildman–Crippen MR) is 127 cm³/mol. The highest BCUT2D eigenvalue weighted by atomic mass is 35.5. The fraction of sp³-hybridized carbons (Fsp3) is 0.292. The fourth-order valence-corrected chi connectivity index (χ4v) is 3.91. The van der Waals surface area contributed by atoms with Crippen LogP contribution >= 0.6 is 11.6 Å². The zero-order valence-electron chi connectivity index (χ0n) is 18.5. The van der Waals surface area contributed by atoms with Crippen LogP contribution in [0.4, 0.5) is 14.6 Å². The number of carbonyl (C=O) groups is 1. The molecule has 1 fully saturated rings. The number of aromatic hydroxyl groups is 1. The Bertz CT molecular complexity index is 1160. The van der Waals surface area contributed by atoms with Gasteiger partial charge in [0.15, 0.2) is 5.82 Å². The summed E-state index contributed by atoms with van der Waals surface area (Å²) >= 11 is 6.33. The molecular formula is C24H25ClF2N4O2. The highest BCUT2D eigenvalue weighted by molar-refractivity contribution is 6.34. The van der Waals surface area contributed by atoms with Crippen LogP contribution in [-0.2, 0) is 4.79 Å². The van der Waals surface area contributed by atoms with E-state index in [1.165, 1.54) is 37.0 Å². The van der Waals surface area contributed by atoms with Crippen molar-refractivity contribution >= 4 is 34.2 Å². The minimum Gasteiger partial charge on any atom is -0.507 e. The minimum atomic E-state index is -0.845. The van der Waals surface area contributed by atoms with E-state index >= 15 is 4.39 Å². The first-order valence-electron chi connectivity index (χ1n) is 10.6. The average molecular weight is 475 g/mol. The monoisotopic (exact) mass is 474 g/mol. The highest BCUT2D eigenvalue weighted by Crippen LogP contribution is 2.42. The van der Waals surface area contributed by atoms with Crippen molar-refractivity contribution in [3.8, 4) is 16.9 Å². The molecule has 1 amide bonds. The number of amides is 1. The Balaban J connectivity index is 0.000000968. The number of anilines is 1. The molecule has 1 aliphatic heterocycles. The van der Waals surface area contributed by atoms with Gasteiger partial charge < -0.3 is 14.9 Å². The summed E-state index contributed by atoms with van der Waals surface area (Å²) in [5.74, 6) is -1.75. The van der Waals surface area contributed by atoms with Crippen molar-refractivity contribution in [1.82, 2.24) is 14.9 Å². The van der Waals surface area contributed by atoms with Gasteiger partial charge in [-0.15, -0.1) is 0 Å². The van der Waals surface area contributed by atoms with E-state index in [2.05, 4.69) is 30.4 Å². The number of piperazine rings is 1. The predicted octanol–water partition coefficient (Wildman–Crippen LogP) is 5.18. The van der Waals surface area contributed by atoms with Gasteiger partial charge in [-0.3, -0.25) is 4.79 Å². The second-order valence-electron chi connectivity index (χ2n) is 7.50. The number of benzene rings is 2. The summed E-state index contributed by atoms with van der Waals surface area (Å²) in [5.41, 5.74) is -0.615. The van der Waals surface area contributed by atoms with E-state index in [0.29, 0.717) is 37.4 Å². The molecule has 2 aromatic carbocycles. The van der Waals surface area contributed by atoms with Gasteiger partial charge in [-0.1, -0.05) is 44.5 Å². The molecule has 3 aromatic rings. The normalized spacial score (nSPS) is 13.5. The summed E-state index contributed by atoms with van der Waals surface area (Å²) in [7, 11) is 0. The van der Waals surface area contributed by atoms with E-state index < -0.39 is 17.4 Å². The summed E-state index contributed by atoms with van der Waals surface area (Å²) < 4.78 is 29.7. The third kappa shape index (κ3) is 4.90. The van der Waals surface area contributed by atoms with Gasteiger partial charge in [-0.2, -0.15) is 0 Å². The van der Waals surface area contributed by atoms with E-state index in [4.69, 9.17) is 11.6 Å². The van der Waals surface area contributed by atoms with Crippen molar-refractivity contribution in [3.63, 3.8) is 0 Å². The fourth-order valence-electron chi connectivity index (χ4n) is 3.63. The number of hydrogen-bond acceptors (Lipinski definition) is 5. The van der Waals surface area contributed by atoms with Crippen LogP contribution < -0.4 is 4.90 Å². The second kappa shape index (κ2) is 10.6. The Labute approximate surface area is 196 Å². The van der Waals surface area contributed by atoms with E-state index in [-0.39, 0.29) is 27.6 Å². The molecule has 0 spiro atoms. The molecular weight excluding hydrogens is 450 g/mol. The Morgan fingerprint density at radius 1 is 1.18 bits per heavy atom. The number of hydrogen-bond donors (Lipinski definition) is 1. The van der Waals surface area contributed by atoms with Crippen LogP contribution in [0.1, 0.15) is 20.3 Å². The Kier molecular flexibility index (Phi) is 7.81. The first-order chi connectivity index (χ1) is 15.8. The standard InChI is InChI=1S/C21H17ClF2N4O2.C3H8/c1-2-16(30)27-6-8-28(9-7-27)21-12-10-13(22)17(19(24)20(12)25-11-26-21)18-14(23)4-3-5-15(18)29;1-3-2/h2-5,10-11,29H,1,6-9H2;3H2,1-2H3. The third-order valence-electron chi connectivity index (χ3n) is 5.11. The molecule has 1 aliphatic rings. The van der Waals surface area contributed by atoms with Crippen molar-refractivity contribution in [3.05, 3.63) is 59.9 Å². The molecule has 0 unspecified atom stereocenters. The van der Waals surface area contributed by atoms with Crippen LogP contribution in [0.3, 0.4) is 0 Å². The van der Waals surface area contributed by atoms with Gasteiger partial charge in [0.1, 0.15) is 29.2 Å². The van der Waals surface area contributed by atoms with Gasteiger partial charge in [0, 0.05) is 37.1 Å². The Hall–Kier alpha value is -3.26. The molecule has 1 saturated heterocycles. The Morgan fingerprint density at radius 3 is 2.45 bits per heavy atom. The van der Waals surface area contributed by atoms with Crippen LogP contribution in [0.2, 0.25) is 5.02 Å². The minimum absolute atomic E-state index is 0.0355.